The number of rotatable bonds is 8. The van der Waals surface area contributed by atoms with Crippen molar-refractivity contribution in [2.24, 2.45) is 5.92 Å². The second-order valence-electron chi connectivity index (χ2n) is 8.26. The third-order valence-electron chi connectivity index (χ3n) is 5.71. The van der Waals surface area contributed by atoms with Gasteiger partial charge in [0.15, 0.2) is 0 Å². The van der Waals surface area contributed by atoms with Gasteiger partial charge in [-0.25, -0.2) is 4.98 Å². The molecule has 0 aliphatic heterocycles. The topological polar surface area (TPSA) is 55.2 Å². The van der Waals surface area contributed by atoms with Crippen LogP contribution in [0.1, 0.15) is 64.9 Å². The van der Waals surface area contributed by atoms with Gasteiger partial charge in [-0.2, -0.15) is 0 Å². The van der Waals surface area contributed by atoms with Gasteiger partial charge in [0.2, 0.25) is 5.91 Å². The molecular formula is C26H33N3O2. The monoisotopic (exact) mass is 419 g/mol. The van der Waals surface area contributed by atoms with E-state index in [4.69, 9.17) is 4.98 Å². The fourth-order valence-electron chi connectivity index (χ4n) is 4.04. The van der Waals surface area contributed by atoms with Gasteiger partial charge in [-0.3, -0.25) is 14.2 Å². The molecule has 0 aliphatic rings. The van der Waals surface area contributed by atoms with Crippen LogP contribution >= 0.6 is 0 Å². The molecule has 2 aromatic carbocycles. The van der Waals surface area contributed by atoms with E-state index in [9.17, 15) is 9.59 Å². The number of hydrogen-bond acceptors (Lipinski definition) is 3. The summed E-state index contributed by atoms with van der Waals surface area (Å²) < 4.78 is 1.70. The average molecular weight is 420 g/mol. The summed E-state index contributed by atoms with van der Waals surface area (Å²) in [5, 5.41) is 0.581. The third-order valence-corrected chi connectivity index (χ3v) is 5.71. The zero-order chi connectivity index (χ0) is 22.5. The number of carbonyl (C=O) groups excluding carboxylic acids is 1. The van der Waals surface area contributed by atoms with Gasteiger partial charge in [0.05, 0.1) is 22.6 Å². The number of aryl methyl sites for hydroxylation is 1. The number of hydrogen-bond donors (Lipinski definition) is 0. The first kappa shape index (κ1) is 22.7. The Morgan fingerprint density at radius 2 is 1.71 bits per heavy atom. The van der Waals surface area contributed by atoms with E-state index in [1.807, 2.05) is 74.2 Å². The van der Waals surface area contributed by atoms with E-state index in [1.54, 1.807) is 4.57 Å². The second-order valence-corrected chi connectivity index (χ2v) is 8.26. The summed E-state index contributed by atoms with van der Waals surface area (Å²) in [5.74, 6) is 0.590. The first-order valence-corrected chi connectivity index (χ1v) is 11.3. The largest absolute Gasteiger partial charge is 0.332 e. The van der Waals surface area contributed by atoms with Crippen molar-refractivity contribution in [1.82, 2.24) is 14.5 Å². The minimum absolute atomic E-state index is 0.0870. The van der Waals surface area contributed by atoms with E-state index in [-0.39, 0.29) is 23.4 Å². The number of aromatic nitrogens is 2. The van der Waals surface area contributed by atoms with Crippen LogP contribution in [-0.4, -0.2) is 26.9 Å². The molecule has 0 bridgehead atoms. The van der Waals surface area contributed by atoms with Crippen molar-refractivity contribution in [2.75, 3.05) is 6.54 Å². The van der Waals surface area contributed by atoms with Crippen LogP contribution in [0.3, 0.4) is 0 Å². The highest BCUT2D eigenvalue weighted by molar-refractivity contribution is 5.79. The lowest BCUT2D eigenvalue weighted by atomic mass is 10.1. The van der Waals surface area contributed by atoms with Crippen LogP contribution in [0, 0.1) is 5.92 Å². The maximum atomic E-state index is 13.6. The second kappa shape index (κ2) is 9.90. The normalized spacial score (nSPS) is 12.3. The zero-order valence-corrected chi connectivity index (χ0v) is 19.3. The summed E-state index contributed by atoms with van der Waals surface area (Å²) >= 11 is 0. The van der Waals surface area contributed by atoms with E-state index >= 15 is 0 Å². The smallest absolute Gasteiger partial charge is 0.266 e. The van der Waals surface area contributed by atoms with Gasteiger partial charge in [-0.1, -0.05) is 58.9 Å². The van der Waals surface area contributed by atoms with Crippen molar-refractivity contribution in [3.8, 4) is 5.69 Å². The summed E-state index contributed by atoms with van der Waals surface area (Å²) in [7, 11) is 0. The Morgan fingerprint density at radius 1 is 1.03 bits per heavy atom. The first-order valence-electron chi connectivity index (χ1n) is 11.3. The zero-order valence-electron chi connectivity index (χ0n) is 19.3. The van der Waals surface area contributed by atoms with Crippen molar-refractivity contribution in [3.05, 3.63) is 70.3 Å². The van der Waals surface area contributed by atoms with Crippen molar-refractivity contribution in [2.45, 2.75) is 59.9 Å². The van der Waals surface area contributed by atoms with E-state index in [1.165, 1.54) is 5.56 Å². The molecule has 0 saturated carbocycles. The Kier molecular flexibility index (Phi) is 7.26. The van der Waals surface area contributed by atoms with Gasteiger partial charge in [0.25, 0.3) is 5.56 Å². The highest BCUT2D eigenvalue weighted by atomic mass is 16.2. The van der Waals surface area contributed by atoms with Crippen molar-refractivity contribution < 1.29 is 4.79 Å². The number of benzene rings is 2. The molecule has 0 N–H and O–H groups in total. The Balaban J connectivity index is 2.29. The number of fused-ring (bicyclic) bond motifs is 1. The Labute approximate surface area is 184 Å². The van der Waals surface area contributed by atoms with Crippen LogP contribution in [-0.2, 0) is 11.2 Å². The molecule has 164 valence electrons. The first-order chi connectivity index (χ1) is 14.9. The lowest BCUT2D eigenvalue weighted by Gasteiger charge is -2.33. The SMILES string of the molecule is CCCN(C(=O)C(C)C)C(CC)c1nc2ccccc2c(=O)n1-c1ccc(CC)cc1. The minimum Gasteiger partial charge on any atom is -0.332 e. The van der Waals surface area contributed by atoms with Crippen LogP contribution in [0.5, 0.6) is 0 Å². The van der Waals surface area contributed by atoms with E-state index in [0.29, 0.717) is 29.7 Å². The van der Waals surface area contributed by atoms with Crippen molar-refractivity contribution >= 4 is 16.8 Å². The molecule has 1 heterocycles. The van der Waals surface area contributed by atoms with Crippen LogP contribution in [0.4, 0.5) is 0 Å². The van der Waals surface area contributed by atoms with Crippen LogP contribution in [0.25, 0.3) is 16.6 Å². The summed E-state index contributed by atoms with van der Waals surface area (Å²) in [6.07, 6.45) is 2.46. The molecule has 0 spiro atoms. The fourth-order valence-corrected chi connectivity index (χ4v) is 4.04. The predicted molar refractivity (Wildman–Crippen MR) is 127 cm³/mol. The number of nitrogens with zero attached hydrogens (tertiary/aromatic N) is 3. The molecule has 0 aliphatic carbocycles. The molecule has 5 heteroatoms. The molecule has 5 nitrogen and oxygen atoms in total. The standard InChI is InChI=1S/C26H33N3O2/c1-6-17-28(25(30)18(4)5)23(8-3)24-27-22-12-10-9-11-21(22)26(31)29(24)20-15-13-19(7-2)14-16-20/h9-16,18,23H,6-8,17H2,1-5H3. The maximum absolute atomic E-state index is 13.6. The lowest BCUT2D eigenvalue weighted by molar-refractivity contribution is -0.137. The van der Waals surface area contributed by atoms with E-state index in [2.05, 4.69) is 13.8 Å². The van der Waals surface area contributed by atoms with Gasteiger partial charge >= 0.3 is 0 Å². The molecular weight excluding hydrogens is 386 g/mol. The molecule has 0 radical (unpaired) electrons. The molecule has 31 heavy (non-hydrogen) atoms. The molecule has 1 amide bonds. The summed E-state index contributed by atoms with van der Waals surface area (Å²) in [6, 6.07) is 15.2. The predicted octanol–water partition coefficient (Wildman–Crippen LogP) is 5.29. The summed E-state index contributed by atoms with van der Waals surface area (Å²) in [4.78, 5) is 33.6. The number of carbonyl (C=O) groups is 1. The highest BCUT2D eigenvalue weighted by Gasteiger charge is 2.29. The Bertz CT molecular complexity index is 1100. The van der Waals surface area contributed by atoms with E-state index < -0.39 is 0 Å². The molecule has 1 aromatic heterocycles. The van der Waals surface area contributed by atoms with Crippen LogP contribution in [0.2, 0.25) is 0 Å². The third kappa shape index (κ3) is 4.55. The van der Waals surface area contributed by atoms with Crippen molar-refractivity contribution in [1.29, 1.82) is 0 Å². The average Bonchev–Trinajstić information content (AvgIpc) is 2.79. The molecule has 3 aromatic rings. The van der Waals surface area contributed by atoms with Gasteiger partial charge in [-0.05, 0) is 49.1 Å². The van der Waals surface area contributed by atoms with Crippen LogP contribution < -0.4 is 5.56 Å². The number of amides is 1. The Hall–Kier alpha value is -2.95. The van der Waals surface area contributed by atoms with Gasteiger partial charge in [-0.15, -0.1) is 0 Å². The van der Waals surface area contributed by atoms with Gasteiger partial charge in [0, 0.05) is 12.5 Å². The minimum atomic E-state index is -0.280. The van der Waals surface area contributed by atoms with Crippen molar-refractivity contribution in [3.63, 3.8) is 0 Å². The fraction of sp³-hybridized carbons (Fsp3) is 0.423. The van der Waals surface area contributed by atoms with Gasteiger partial charge < -0.3 is 4.90 Å². The summed E-state index contributed by atoms with van der Waals surface area (Å²) in [5.41, 5.74) is 2.55. The molecule has 0 saturated heterocycles. The van der Waals surface area contributed by atoms with Gasteiger partial charge in [0.1, 0.15) is 5.82 Å². The van der Waals surface area contributed by atoms with Crippen LogP contribution in [0.15, 0.2) is 53.3 Å². The maximum Gasteiger partial charge on any atom is 0.266 e. The molecule has 1 unspecified atom stereocenters. The number of para-hydroxylation sites is 1. The summed E-state index contributed by atoms with van der Waals surface area (Å²) in [6.45, 7) is 10.7. The molecule has 0 fully saturated rings. The lowest BCUT2D eigenvalue weighted by Crippen LogP contribution is -2.40. The van der Waals surface area contributed by atoms with E-state index in [0.717, 1.165) is 18.5 Å². The Morgan fingerprint density at radius 3 is 2.29 bits per heavy atom. The highest BCUT2D eigenvalue weighted by Crippen LogP contribution is 2.27. The quantitative estimate of drug-likeness (QED) is 0.498. The molecule has 3 rings (SSSR count). The molecule has 1 atom stereocenters.